The van der Waals surface area contributed by atoms with E-state index in [4.69, 9.17) is 16.0 Å². The first kappa shape index (κ1) is 15.5. The largest absolute Gasteiger partial charge is 0.414 e. The number of amides is 1. The molecule has 23 heavy (non-hydrogen) atoms. The Balaban J connectivity index is 1.49. The number of nitrogens with one attached hydrogen (secondary N) is 1. The molecule has 8 nitrogen and oxygen atoms in total. The molecule has 10 heteroatoms. The fourth-order valence-corrected chi connectivity index (χ4v) is 2.38. The average molecular weight is 351 g/mol. The molecule has 0 unspecified atom stereocenters. The summed E-state index contributed by atoms with van der Waals surface area (Å²) in [6, 6.07) is 6.87. The van der Waals surface area contributed by atoms with Gasteiger partial charge in [-0.05, 0) is 24.3 Å². The van der Waals surface area contributed by atoms with Crippen LogP contribution in [0.15, 0.2) is 46.6 Å². The molecule has 0 spiro atoms. The first-order valence-corrected chi connectivity index (χ1v) is 7.88. The fourth-order valence-electron chi connectivity index (χ4n) is 1.67. The molecule has 0 atom stereocenters. The Morgan fingerprint density at radius 2 is 2.13 bits per heavy atom. The van der Waals surface area contributed by atoms with Crippen molar-refractivity contribution in [3.63, 3.8) is 0 Å². The van der Waals surface area contributed by atoms with Crippen LogP contribution in [0.1, 0.15) is 5.89 Å². The number of benzene rings is 1. The second-order valence-electron chi connectivity index (χ2n) is 4.40. The number of aromatic nitrogens is 5. The predicted molar refractivity (Wildman–Crippen MR) is 84.2 cm³/mol. The molecule has 1 aromatic carbocycles. The lowest BCUT2D eigenvalue weighted by Crippen LogP contribution is -2.13. The highest BCUT2D eigenvalue weighted by molar-refractivity contribution is 7.99. The van der Waals surface area contributed by atoms with Crippen LogP contribution < -0.4 is 5.32 Å². The molecule has 3 rings (SSSR count). The van der Waals surface area contributed by atoms with Gasteiger partial charge in [0.05, 0.1) is 5.75 Å². The Morgan fingerprint density at radius 3 is 2.87 bits per heavy atom. The van der Waals surface area contributed by atoms with Gasteiger partial charge in [-0.15, -0.1) is 10.2 Å². The van der Waals surface area contributed by atoms with Gasteiger partial charge in [0.2, 0.25) is 11.8 Å². The van der Waals surface area contributed by atoms with Crippen LogP contribution in [0.2, 0.25) is 5.02 Å². The third kappa shape index (κ3) is 4.54. The van der Waals surface area contributed by atoms with Crippen molar-refractivity contribution in [2.45, 2.75) is 11.8 Å². The maximum Gasteiger partial charge on any atom is 0.277 e. The highest BCUT2D eigenvalue weighted by atomic mass is 35.5. The molecule has 0 bridgehead atoms. The molecule has 0 radical (unpaired) electrons. The molecule has 2 aromatic heterocycles. The molecule has 0 saturated heterocycles. The minimum absolute atomic E-state index is 0.160. The monoisotopic (exact) mass is 350 g/mol. The Bertz CT molecular complexity index is 774. The lowest BCUT2D eigenvalue weighted by Gasteiger charge is -2.03. The number of carbonyl (C=O) groups excluding carboxylic acids is 1. The second-order valence-corrected chi connectivity index (χ2v) is 5.76. The maximum absolute atomic E-state index is 11.9. The third-order valence-corrected chi connectivity index (χ3v) is 3.74. The summed E-state index contributed by atoms with van der Waals surface area (Å²) in [5.74, 6) is 0.387. The number of anilines is 1. The van der Waals surface area contributed by atoms with Gasteiger partial charge in [-0.3, -0.25) is 4.79 Å². The van der Waals surface area contributed by atoms with Crippen LogP contribution in [0.3, 0.4) is 0 Å². The van der Waals surface area contributed by atoms with E-state index in [0.717, 1.165) is 11.8 Å². The molecule has 0 aliphatic rings. The van der Waals surface area contributed by atoms with Gasteiger partial charge < -0.3 is 9.73 Å². The van der Waals surface area contributed by atoms with Crippen LogP contribution in [0.4, 0.5) is 5.69 Å². The number of rotatable bonds is 6. The van der Waals surface area contributed by atoms with E-state index in [2.05, 4.69) is 25.6 Å². The Labute approximate surface area is 140 Å². The quantitative estimate of drug-likeness (QED) is 0.679. The smallest absolute Gasteiger partial charge is 0.277 e. The molecule has 0 saturated carbocycles. The minimum Gasteiger partial charge on any atom is -0.414 e. The SMILES string of the molecule is O=C(CSc1nnc(Cn2cncn2)o1)Nc1ccc(Cl)cc1. The summed E-state index contributed by atoms with van der Waals surface area (Å²) >= 11 is 6.95. The molecule has 2 heterocycles. The first-order chi connectivity index (χ1) is 11.2. The number of carbonyl (C=O) groups is 1. The number of hydrogen-bond donors (Lipinski definition) is 1. The summed E-state index contributed by atoms with van der Waals surface area (Å²) in [6.07, 6.45) is 2.98. The number of nitrogens with zero attached hydrogens (tertiary/aromatic N) is 5. The lowest BCUT2D eigenvalue weighted by molar-refractivity contribution is -0.113. The van der Waals surface area contributed by atoms with Crippen LogP contribution in [0, 0.1) is 0 Å². The normalized spacial score (nSPS) is 10.7. The Hall–Kier alpha value is -2.39. The zero-order valence-corrected chi connectivity index (χ0v) is 13.3. The van der Waals surface area contributed by atoms with Crippen molar-refractivity contribution in [3.8, 4) is 0 Å². The number of thioether (sulfide) groups is 1. The van der Waals surface area contributed by atoms with Gasteiger partial charge in [-0.2, -0.15) is 5.10 Å². The molecule has 1 N–H and O–H groups in total. The van der Waals surface area contributed by atoms with Gasteiger partial charge in [0.25, 0.3) is 5.22 Å². The summed E-state index contributed by atoms with van der Waals surface area (Å²) in [5, 5.41) is 15.4. The molecular weight excluding hydrogens is 340 g/mol. The van der Waals surface area contributed by atoms with Gasteiger partial charge in [-0.25, -0.2) is 9.67 Å². The maximum atomic E-state index is 11.9. The van der Waals surface area contributed by atoms with Crippen molar-refractivity contribution >= 4 is 35.0 Å². The van der Waals surface area contributed by atoms with Crippen molar-refractivity contribution in [2.24, 2.45) is 0 Å². The molecular formula is C13H11ClN6O2S. The second kappa shape index (κ2) is 7.25. The van der Waals surface area contributed by atoms with E-state index in [1.54, 1.807) is 35.3 Å². The van der Waals surface area contributed by atoms with Gasteiger partial charge in [0.1, 0.15) is 19.2 Å². The van der Waals surface area contributed by atoms with E-state index in [0.29, 0.717) is 28.4 Å². The van der Waals surface area contributed by atoms with Crippen LogP contribution >= 0.6 is 23.4 Å². The highest BCUT2D eigenvalue weighted by Crippen LogP contribution is 2.18. The summed E-state index contributed by atoms with van der Waals surface area (Å²) in [4.78, 5) is 15.7. The molecule has 3 aromatic rings. The van der Waals surface area contributed by atoms with Crippen LogP contribution in [0.25, 0.3) is 0 Å². The van der Waals surface area contributed by atoms with E-state index in [1.165, 1.54) is 6.33 Å². The van der Waals surface area contributed by atoms with E-state index < -0.39 is 0 Å². The average Bonchev–Trinajstić information content (AvgIpc) is 3.20. The summed E-state index contributed by atoms with van der Waals surface area (Å²) in [7, 11) is 0. The number of halogens is 1. The van der Waals surface area contributed by atoms with Crippen molar-refractivity contribution in [1.82, 2.24) is 25.0 Å². The van der Waals surface area contributed by atoms with E-state index in [-0.39, 0.29) is 11.7 Å². The van der Waals surface area contributed by atoms with Crippen LogP contribution in [-0.2, 0) is 11.3 Å². The molecule has 1 amide bonds. The van der Waals surface area contributed by atoms with E-state index in [1.807, 2.05) is 0 Å². The lowest BCUT2D eigenvalue weighted by atomic mass is 10.3. The van der Waals surface area contributed by atoms with Gasteiger partial charge >= 0.3 is 0 Å². The molecule has 0 aliphatic carbocycles. The number of hydrogen-bond acceptors (Lipinski definition) is 7. The summed E-state index contributed by atoms with van der Waals surface area (Å²) < 4.78 is 6.99. The van der Waals surface area contributed by atoms with E-state index >= 15 is 0 Å². The van der Waals surface area contributed by atoms with Crippen molar-refractivity contribution in [1.29, 1.82) is 0 Å². The first-order valence-electron chi connectivity index (χ1n) is 6.52. The third-order valence-electron chi connectivity index (χ3n) is 2.67. The van der Waals surface area contributed by atoms with Crippen LogP contribution in [-0.4, -0.2) is 36.6 Å². The summed E-state index contributed by atoms with van der Waals surface area (Å²) in [6.45, 7) is 0.338. The zero-order valence-electron chi connectivity index (χ0n) is 11.7. The van der Waals surface area contributed by atoms with Gasteiger partial charge in [0, 0.05) is 10.7 Å². The standard InChI is InChI=1S/C13H11ClN6O2S/c14-9-1-3-10(4-2-9)17-11(21)6-23-13-19-18-12(22-13)5-20-8-15-7-16-20/h1-4,7-8H,5-6H2,(H,17,21). The fraction of sp³-hybridized carbons (Fsp3) is 0.154. The molecule has 0 aliphatic heterocycles. The minimum atomic E-state index is -0.173. The highest BCUT2D eigenvalue weighted by Gasteiger charge is 2.10. The Morgan fingerprint density at radius 1 is 1.30 bits per heavy atom. The van der Waals surface area contributed by atoms with Crippen molar-refractivity contribution < 1.29 is 9.21 Å². The topological polar surface area (TPSA) is 98.7 Å². The summed E-state index contributed by atoms with van der Waals surface area (Å²) in [5.41, 5.74) is 0.678. The Kier molecular flexibility index (Phi) is 4.89. The predicted octanol–water partition coefficient (Wildman–Crippen LogP) is 2.09. The van der Waals surface area contributed by atoms with Crippen molar-refractivity contribution in [2.75, 3.05) is 11.1 Å². The van der Waals surface area contributed by atoms with Crippen molar-refractivity contribution in [3.05, 3.63) is 47.8 Å². The van der Waals surface area contributed by atoms with Gasteiger partial charge in [0.15, 0.2) is 0 Å². The molecule has 118 valence electrons. The van der Waals surface area contributed by atoms with Gasteiger partial charge in [-0.1, -0.05) is 23.4 Å². The zero-order chi connectivity index (χ0) is 16.1. The van der Waals surface area contributed by atoms with E-state index in [9.17, 15) is 4.79 Å². The molecule has 0 fully saturated rings. The van der Waals surface area contributed by atoms with Crippen LogP contribution in [0.5, 0.6) is 0 Å².